The second-order valence-corrected chi connectivity index (χ2v) is 3.58. The Hall–Kier alpha value is -0.180. The molecule has 0 aromatic carbocycles. The quantitative estimate of drug-likeness (QED) is 0.676. The molecule has 1 unspecified atom stereocenters. The molecule has 0 amide bonds. The zero-order valence-electron chi connectivity index (χ0n) is 6.82. The summed E-state index contributed by atoms with van der Waals surface area (Å²) in [6, 6.07) is 0. The van der Waals surface area contributed by atoms with Crippen LogP contribution in [0.1, 0.15) is 26.2 Å². The summed E-state index contributed by atoms with van der Waals surface area (Å²) in [5.41, 5.74) is 5.33. The zero-order chi connectivity index (χ0) is 8.48. The minimum Gasteiger partial charge on any atom is -0.330 e. The van der Waals surface area contributed by atoms with Gasteiger partial charge in [0.15, 0.2) is 0 Å². The van der Waals surface area contributed by atoms with E-state index in [0.29, 0.717) is 12.5 Å². The van der Waals surface area contributed by atoms with Gasteiger partial charge in [0, 0.05) is 12.8 Å². The van der Waals surface area contributed by atoms with Crippen molar-refractivity contribution in [1.82, 2.24) is 0 Å². The second-order valence-electron chi connectivity index (χ2n) is 3.58. The average Bonchev–Trinajstić information content (AvgIpc) is 1.83. The van der Waals surface area contributed by atoms with Crippen molar-refractivity contribution >= 4 is 0 Å². The Kier molecular flexibility index (Phi) is 2.47. The summed E-state index contributed by atoms with van der Waals surface area (Å²) in [6.45, 7) is 2.62. The van der Waals surface area contributed by atoms with Crippen LogP contribution >= 0.6 is 0 Å². The van der Waals surface area contributed by atoms with E-state index in [9.17, 15) is 8.78 Å². The van der Waals surface area contributed by atoms with Gasteiger partial charge in [0.25, 0.3) is 0 Å². The van der Waals surface area contributed by atoms with Gasteiger partial charge in [-0.05, 0) is 24.8 Å². The van der Waals surface area contributed by atoms with Gasteiger partial charge in [-0.25, -0.2) is 8.78 Å². The maximum atomic E-state index is 12.4. The molecule has 66 valence electrons. The van der Waals surface area contributed by atoms with Gasteiger partial charge >= 0.3 is 0 Å². The normalized spacial score (nSPS) is 26.2. The largest absolute Gasteiger partial charge is 0.330 e. The van der Waals surface area contributed by atoms with Crippen molar-refractivity contribution < 1.29 is 8.78 Å². The molecule has 1 aliphatic rings. The zero-order valence-corrected chi connectivity index (χ0v) is 6.82. The Morgan fingerprint density at radius 3 is 2.45 bits per heavy atom. The van der Waals surface area contributed by atoms with E-state index in [1.807, 2.05) is 6.92 Å². The molecular weight excluding hydrogens is 148 g/mol. The van der Waals surface area contributed by atoms with E-state index in [4.69, 9.17) is 5.73 Å². The van der Waals surface area contributed by atoms with Crippen molar-refractivity contribution in [2.24, 2.45) is 17.6 Å². The minimum absolute atomic E-state index is 0.0775. The molecule has 0 aromatic heterocycles. The third-order valence-electron chi connectivity index (χ3n) is 2.55. The summed E-state index contributed by atoms with van der Waals surface area (Å²) in [6.07, 6.45) is 1.03. The first-order chi connectivity index (χ1) is 5.05. The number of hydrogen-bond donors (Lipinski definition) is 1. The molecule has 0 aliphatic heterocycles. The number of alkyl halides is 2. The Morgan fingerprint density at radius 1 is 1.55 bits per heavy atom. The maximum absolute atomic E-state index is 12.4. The van der Waals surface area contributed by atoms with Gasteiger partial charge in [-0.2, -0.15) is 0 Å². The molecule has 3 heteroatoms. The van der Waals surface area contributed by atoms with E-state index in [2.05, 4.69) is 0 Å². The van der Waals surface area contributed by atoms with E-state index in [1.54, 1.807) is 0 Å². The smallest absolute Gasteiger partial charge is 0.248 e. The predicted molar refractivity (Wildman–Crippen MR) is 40.5 cm³/mol. The van der Waals surface area contributed by atoms with E-state index in [1.165, 1.54) is 0 Å². The first-order valence-electron chi connectivity index (χ1n) is 4.13. The van der Waals surface area contributed by atoms with Gasteiger partial charge in [-0.1, -0.05) is 6.92 Å². The molecular formula is C8H15F2N. The molecule has 1 aliphatic carbocycles. The van der Waals surface area contributed by atoms with Gasteiger partial charge < -0.3 is 5.73 Å². The first kappa shape index (κ1) is 8.91. The lowest BCUT2D eigenvalue weighted by Gasteiger charge is -2.38. The summed E-state index contributed by atoms with van der Waals surface area (Å²) < 4.78 is 24.7. The van der Waals surface area contributed by atoms with Crippen LogP contribution in [-0.4, -0.2) is 12.5 Å². The van der Waals surface area contributed by atoms with Gasteiger partial charge in [-0.15, -0.1) is 0 Å². The van der Waals surface area contributed by atoms with Crippen LogP contribution in [0.3, 0.4) is 0 Å². The molecule has 0 bridgehead atoms. The summed E-state index contributed by atoms with van der Waals surface area (Å²) in [7, 11) is 0. The Morgan fingerprint density at radius 2 is 2.09 bits per heavy atom. The molecule has 1 nitrogen and oxygen atoms in total. The van der Waals surface area contributed by atoms with Gasteiger partial charge in [0.05, 0.1) is 0 Å². The molecule has 0 radical (unpaired) electrons. The molecule has 1 saturated carbocycles. The van der Waals surface area contributed by atoms with Crippen LogP contribution in [0.25, 0.3) is 0 Å². The first-order valence-corrected chi connectivity index (χ1v) is 4.13. The third-order valence-corrected chi connectivity index (χ3v) is 2.55. The van der Waals surface area contributed by atoms with Crippen LogP contribution < -0.4 is 5.73 Å². The molecule has 1 rings (SSSR count). The van der Waals surface area contributed by atoms with Crippen LogP contribution in [0.5, 0.6) is 0 Å². The van der Waals surface area contributed by atoms with Crippen LogP contribution in [-0.2, 0) is 0 Å². The van der Waals surface area contributed by atoms with Crippen molar-refractivity contribution in [3.63, 3.8) is 0 Å². The van der Waals surface area contributed by atoms with Gasteiger partial charge in [0.2, 0.25) is 5.92 Å². The van der Waals surface area contributed by atoms with Crippen LogP contribution in [0, 0.1) is 11.8 Å². The highest BCUT2D eigenvalue weighted by Gasteiger charge is 2.46. The number of hydrogen-bond acceptors (Lipinski definition) is 1. The van der Waals surface area contributed by atoms with E-state index >= 15 is 0 Å². The van der Waals surface area contributed by atoms with Crippen LogP contribution in [0.15, 0.2) is 0 Å². The van der Waals surface area contributed by atoms with Crippen LogP contribution in [0.4, 0.5) is 8.78 Å². The highest BCUT2D eigenvalue weighted by Crippen LogP contribution is 2.46. The Bertz CT molecular complexity index is 128. The highest BCUT2D eigenvalue weighted by molar-refractivity contribution is 4.88. The fourth-order valence-corrected chi connectivity index (χ4v) is 1.61. The average molecular weight is 163 g/mol. The summed E-state index contributed by atoms with van der Waals surface area (Å²) in [4.78, 5) is 0. The fraction of sp³-hybridized carbons (Fsp3) is 1.00. The van der Waals surface area contributed by atoms with Crippen molar-refractivity contribution in [2.75, 3.05) is 6.54 Å². The van der Waals surface area contributed by atoms with Gasteiger partial charge in [0.1, 0.15) is 0 Å². The molecule has 0 heterocycles. The minimum atomic E-state index is -2.37. The molecule has 0 saturated heterocycles. The van der Waals surface area contributed by atoms with Crippen molar-refractivity contribution in [3.8, 4) is 0 Å². The van der Waals surface area contributed by atoms with Crippen LogP contribution in [0.2, 0.25) is 0 Å². The number of rotatable bonds is 3. The van der Waals surface area contributed by atoms with Crippen molar-refractivity contribution in [2.45, 2.75) is 32.1 Å². The topological polar surface area (TPSA) is 26.0 Å². The monoisotopic (exact) mass is 163 g/mol. The lowest BCUT2D eigenvalue weighted by atomic mass is 9.73. The molecule has 1 atom stereocenters. The fourth-order valence-electron chi connectivity index (χ4n) is 1.61. The molecule has 11 heavy (non-hydrogen) atoms. The SMILES string of the molecule is CC(CCN)C1CC(F)(F)C1. The molecule has 0 spiro atoms. The Balaban J connectivity index is 2.21. The summed E-state index contributed by atoms with van der Waals surface area (Å²) in [5.74, 6) is -1.78. The van der Waals surface area contributed by atoms with E-state index in [-0.39, 0.29) is 18.8 Å². The lowest BCUT2D eigenvalue weighted by Crippen LogP contribution is -2.39. The number of nitrogens with two attached hydrogens (primary N) is 1. The van der Waals surface area contributed by atoms with Crippen molar-refractivity contribution in [1.29, 1.82) is 0 Å². The summed E-state index contributed by atoms with van der Waals surface area (Å²) in [5, 5.41) is 0. The standard InChI is InChI=1S/C8H15F2N/c1-6(2-3-11)7-4-8(9,10)5-7/h6-7H,2-5,11H2,1H3. The number of halogens is 2. The Labute approximate surface area is 66.0 Å². The molecule has 1 fully saturated rings. The third kappa shape index (κ3) is 2.12. The summed E-state index contributed by atoms with van der Waals surface area (Å²) >= 11 is 0. The lowest BCUT2D eigenvalue weighted by molar-refractivity contribution is -0.124. The van der Waals surface area contributed by atoms with Crippen molar-refractivity contribution in [3.05, 3.63) is 0 Å². The predicted octanol–water partition coefficient (Wildman–Crippen LogP) is 2.02. The maximum Gasteiger partial charge on any atom is 0.248 e. The molecule has 0 aromatic rings. The van der Waals surface area contributed by atoms with E-state index < -0.39 is 5.92 Å². The molecule has 2 N–H and O–H groups in total. The highest BCUT2D eigenvalue weighted by atomic mass is 19.3. The van der Waals surface area contributed by atoms with E-state index in [0.717, 1.165) is 6.42 Å². The second kappa shape index (κ2) is 3.05. The van der Waals surface area contributed by atoms with Gasteiger partial charge in [-0.3, -0.25) is 0 Å².